The van der Waals surface area contributed by atoms with Gasteiger partial charge in [0.25, 0.3) is 5.91 Å². The normalized spacial score (nSPS) is 10.8. The van der Waals surface area contributed by atoms with E-state index in [1.807, 2.05) is 55.5 Å². The summed E-state index contributed by atoms with van der Waals surface area (Å²) in [5, 5.41) is 13.7. The molecule has 4 aromatic rings. The average Bonchev–Trinajstić information content (AvgIpc) is 3.13. The summed E-state index contributed by atoms with van der Waals surface area (Å²) in [6, 6.07) is 20.2. The first-order valence-electron chi connectivity index (χ1n) is 8.77. The summed E-state index contributed by atoms with van der Waals surface area (Å²) in [4.78, 5) is 16.8. The number of phenolic OH excluding ortho intramolecular Hbond substituents is 1. The van der Waals surface area contributed by atoms with Gasteiger partial charge in [0.2, 0.25) is 0 Å². The molecule has 4 rings (SSSR count). The molecule has 0 aliphatic heterocycles. The number of thiazole rings is 1. The monoisotopic (exact) mass is 390 g/mol. The van der Waals surface area contributed by atoms with Crippen LogP contribution in [-0.4, -0.2) is 22.6 Å². The van der Waals surface area contributed by atoms with Crippen molar-refractivity contribution in [3.05, 3.63) is 72.3 Å². The highest BCUT2D eigenvalue weighted by Gasteiger charge is 2.12. The smallest absolute Gasteiger partial charge is 0.262 e. The van der Waals surface area contributed by atoms with Crippen molar-refractivity contribution in [2.45, 2.75) is 6.92 Å². The largest absolute Gasteiger partial charge is 0.507 e. The van der Waals surface area contributed by atoms with Crippen molar-refractivity contribution in [1.82, 2.24) is 4.98 Å². The Bertz CT molecular complexity index is 1100. The van der Waals surface area contributed by atoms with E-state index < -0.39 is 0 Å². The third-order valence-electron chi connectivity index (χ3n) is 4.20. The molecule has 5 nitrogen and oxygen atoms in total. The Kier molecular flexibility index (Phi) is 4.95. The first-order valence-corrected chi connectivity index (χ1v) is 9.58. The standard InChI is InChI=1S/C22H18N2O3S/c1-14-6-9-16(10-7-14)27-13-21(26)23-15-8-11-19(25)17(12-15)22-24-18-4-2-3-5-20(18)28-22/h2-12,25H,13H2,1H3,(H,23,26). The van der Waals surface area contributed by atoms with Crippen molar-refractivity contribution in [2.24, 2.45) is 0 Å². The van der Waals surface area contributed by atoms with Gasteiger partial charge >= 0.3 is 0 Å². The van der Waals surface area contributed by atoms with Gasteiger partial charge in [0.05, 0.1) is 15.8 Å². The molecule has 3 aromatic carbocycles. The second kappa shape index (κ2) is 7.70. The topological polar surface area (TPSA) is 71.5 Å². The van der Waals surface area contributed by atoms with Gasteiger partial charge in [0, 0.05) is 5.69 Å². The number of rotatable bonds is 5. The molecule has 6 heteroatoms. The number of aromatic nitrogens is 1. The third kappa shape index (κ3) is 3.97. The summed E-state index contributed by atoms with van der Waals surface area (Å²) in [7, 11) is 0. The van der Waals surface area contributed by atoms with Crippen LogP contribution in [0.5, 0.6) is 11.5 Å². The van der Waals surface area contributed by atoms with Crippen LogP contribution in [0.1, 0.15) is 5.56 Å². The highest BCUT2D eigenvalue weighted by atomic mass is 32.1. The average molecular weight is 390 g/mol. The number of hydrogen-bond acceptors (Lipinski definition) is 5. The fraction of sp³-hybridized carbons (Fsp3) is 0.0909. The fourth-order valence-electron chi connectivity index (χ4n) is 2.75. The molecule has 0 atom stereocenters. The SMILES string of the molecule is Cc1ccc(OCC(=O)Nc2ccc(O)c(-c3nc4ccccc4s3)c2)cc1. The highest BCUT2D eigenvalue weighted by molar-refractivity contribution is 7.21. The van der Waals surface area contributed by atoms with Gasteiger partial charge in [0.15, 0.2) is 6.61 Å². The molecule has 0 bridgehead atoms. The van der Waals surface area contributed by atoms with Crippen LogP contribution in [0.15, 0.2) is 66.7 Å². The molecule has 0 aliphatic carbocycles. The quantitative estimate of drug-likeness (QED) is 0.471. The van der Waals surface area contributed by atoms with Crippen molar-refractivity contribution >= 4 is 33.1 Å². The maximum Gasteiger partial charge on any atom is 0.262 e. The Balaban J connectivity index is 1.48. The molecule has 1 aromatic heterocycles. The van der Waals surface area contributed by atoms with E-state index in [9.17, 15) is 9.90 Å². The molecule has 0 spiro atoms. The zero-order valence-electron chi connectivity index (χ0n) is 15.2. The molecule has 1 amide bonds. The summed E-state index contributed by atoms with van der Waals surface area (Å²) in [6.07, 6.45) is 0. The number of hydrogen-bond donors (Lipinski definition) is 2. The molecule has 0 unspecified atom stereocenters. The van der Waals surface area contributed by atoms with Crippen LogP contribution < -0.4 is 10.1 Å². The number of aromatic hydroxyl groups is 1. The number of nitrogens with zero attached hydrogens (tertiary/aromatic N) is 1. The Morgan fingerprint density at radius 3 is 2.68 bits per heavy atom. The minimum atomic E-state index is -0.276. The van der Waals surface area contributed by atoms with E-state index in [4.69, 9.17) is 4.74 Å². The van der Waals surface area contributed by atoms with E-state index in [0.29, 0.717) is 22.0 Å². The Labute approximate surface area is 166 Å². The molecule has 0 saturated heterocycles. The zero-order valence-corrected chi connectivity index (χ0v) is 16.0. The van der Waals surface area contributed by atoms with Crippen molar-refractivity contribution < 1.29 is 14.6 Å². The summed E-state index contributed by atoms with van der Waals surface area (Å²) >= 11 is 1.49. The molecule has 0 saturated carbocycles. The number of aryl methyl sites for hydroxylation is 1. The van der Waals surface area contributed by atoms with Gasteiger partial charge < -0.3 is 15.2 Å². The van der Waals surface area contributed by atoms with E-state index in [2.05, 4.69) is 10.3 Å². The van der Waals surface area contributed by atoms with E-state index in [0.717, 1.165) is 15.8 Å². The maximum atomic E-state index is 12.2. The lowest BCUT2D eigenvalue weighted by Crippen LogP contribution is -2.20. The molecule has 0 fully saturated rings. The predicted molar refractivity (Wildman–Crippen MR) is 112 cm³/mol. The number of amides is 1. The van der Waals surface area contributed by atoms with Crippen LogP contribution in [0, 0.1) is 6.92 Å². The van der Waals surface area contributed by atoms with Crippen LogP contribution >= 0.6 is 11.3 Å². The predicted octanol–water partition coefficient (Wildman–Crippen LogP) is 4.99. The summed E-state index contributed by atoms with van der Waals surface area (Å²) in [5.74, 6) is 0.482. The van der Waals surface area contributed by atoms with Gasteiger partial charge in [-0.05, 0) is 49.4 Å². The highest BCUT2D eigenvalue weighted by Crippen LogP contribution is 2.36. The Hall–Kier alpha value is -3.38. The molecular formula is C22H18N2O3S. The Morgan fingerprint density at radius 2 is 1.89 bits per heavy atom. The second-order valence-electron chi connectivity index (χ2n) is 6.37. The van der Waals surface area contributed by atoms with Gasteiger partial charge in [0.1, 0.15) is 16.5 Å². The van der Waals surface area contributed by atoms with Crippen LogP contribution in [-0.2, 0) is 4.79 Å². The maximum absolute atomic E-state index is 12.2. The minimum Gasteiger partial charge on any atom is -0.507 e. The zero-order chi connectivity index (χ0) is 19.5. The first-order chi connectivity index (χ1) is 13.6. The number of anilines is 1. The van der Waals surface area contributed by atoms with Crippen LogP contribution in [0.4, 0.5) is 5.69 Å². The lowest BCUT2D eigenvalue weighted by molar-refractivity contribution is -0.118. The van der Waals surface area contributed by atoms with Crippen molar-refractivity contribution in [2.75, 3.05) is 11.9 Å². The summed E-state index contributed by atoms with van der Waals surface area (Å²) < 4.78 is 6.54. The first kappa shape index (κ1) is 18.0. The molecular weight excluding hydrogens is 372 g/mol. The number of fused-ring (bicyclic) bond motifs is 1. The van der Waals surface area contributed by atoms with Gasteiger partial charge in [-0.25, -0.2) is 4.98 Å². The van der Waals surface area contributed by atoms with Crippen molar-refractivity contribution in [3.63, 3.8) is 0 Å². The third-order valence-corrected chi connectivity index (χ3v) is 5.27. The molecule has 140 valence electrons. The van der Waals surface area contributed by atoms with Gasteiger partial charge in [-0.3, -0.25) is 4.79 Å². The van der Waals surface area contributed by atoms with Crippen molar-refractivity contribution in [3.8, 4) is 22.1 Å². The number of benzene rings is 3. The lowest BCUT2D eigenvalue weighted by atomic mass is 10.2. The molecule has 1 heterocycles. The second-order valence-corrected chi connectivity index (χ2v) is 7.40. The Morgan fingerprint density at radius 1 is 1.11 bits per heavy atom. The van der Waals surface area contributed by atoms with E-state index >= 15 is 0 Å². The van der Waals surface area contributed by atoms with Gasteiger partial charge in [-0.15, -0.1) is 11.3 Å². The number of ether oxygens (including phenoxy) is 1. The molecule has 0 radical (unpaired) electrons. The molecule has 28 heavy (non-hydrogen) atoms. The minimum absolute atomic E-state index is 0.0968. The number of phenols is 1. The van der Waals surface area contributed by atoms with Gasteiger partial charge in [-0.1, -0.05) is 29.8 Å². The van der Waals surface area contributed by atoms with E-state index in [1.54, 1.807) is 18.2 Å². The molecule has 2 N–H and O–H groups in total. The van der Waals surface area contributed by atoms with Crippen LogP contribution in [0.25, 0.3) is 20.8 Å². The van der Waals surface area contributed by atoms with E-state index in [-0.39, 0.29) is 18.3 Å². The number of carbonyl (C=O) groups excluding carboxylic acids is 1. The number of para-hydroxylation sites is 1. The number of carbonyl (C=O) groups is 1. The lowest BCUT2D eigenvalue weighted by Gasteiger charge is -2.09. The molecule has 0 aliphatic rings. The summed E-state index contributed by atoms with van der Waals surface area (Å²) in [6.45, 7) is 1.89. The fourth-order valence-corrected chi connectivity index (χ4v) is 3.74. The van der Waals surface area contributed by atoms with Crippen LogP contribution in [0.3, 0.4) is 0 Å². The number of nitrogens with one attached hydrogen (secondary N) is 1. The summed E-state index contributed by atoms with van der Waals surface area (Å²) in [5.41, 5.74) is 3.16. The van der Waals surface area contributed by atoms with Crippen molar-refractivity contribution in [1.29, 1.82) is 0 Å². The van der Waals surface area contributed by atoms with Crippen LogP contribution in [0.2, 0.25) is 0 Å². The van der Waals surface area contributed by atoms with Gasteiger partial charge in [-0.2, -0.15) is 0 Å². The van der Waals surface area contributed by atoms with E-state index in [1.165, 1.54) is 11.3 Å².